The predicted octanol–water partition coefficient (Wildman–Crippen LogP) is 3.34. The lowest BCUT2D eigenvalue weighted by Gasteiger charge is -2.35. The topological polar surface area (TPSA) is 15.3 Å². The smallest absolute Gasteiger partial charge is 0.128 e. The normalized spacial score (nSPS) is 18.3. The molecule has 0 aliphatic carbocycles. The number of hydrogen-bond acceptors (Lipinski definition) is 2. The summed E-state index contributed by atoms with van der Waals surface area (Å²) in [6.07, 6.45) is 0.816. The van der Waals surface area contributed by atoms with Crippen molar-refractivity contribution in [2.45, 2.75) is 19.4 Å². The van der Waals surface area contributed by atoms with E-state index in [-0.39, 0.29) is 11.9 Å². The highest BCUT2D eigenvalue weighted by molar-refractivity contribution is 14.1. The summed E-state index contributed by atoms with van der Waals surface area (Å²) in [5, 5.41) is 3.34. The minimum absolute atomic E-state index is 0.106. The first-order valence-electron chi connectivity index (χ1n) is 6.62. The Balaban J connectivity index is 2.29. The Morgan fingerprint density at radius 3 is 2.79 bits per heavy atom. The molecule has 1 atom stereocenters. The average Bonchev–Trinajstić information content (AvgIpc) is 2.40. The zero-order valence-electron chi connectivity index (χ0n) is 11.3. The summed E-state index contributed by atoms with van der Waals surface area (Å²) in [5.41, 5.74) is 1.90. The molecule has 2 nitrogen and oxygen atoms in total. The second kappa shape index (κ2) is 6.81. The maximum absolute atomic E-state index is 14.1. The molecular formula is C15H20FIN2. The van der Waals surface area contributed by atoms with Gasteiger partial charge in [-0.05, 0) is 54.1 Å². The lowest BCUT2D eigenvalue weighted by atomic mass is 9.97. The summed E-state index contributed by atoms with van der Waals surface area (Å²) >= 11 is 2.24. The highest BCUT2D eigenvalue weighted by Gasteiger charge is 2.24. The fourth-order valence-electron chi connectivity index (χ4n) is 2.53. The van der Waals surface area contributed by atoms with Gasteiger partial charge in [0, 0.05) is 41.4 Å². The Morgan fingerprint density at radius 1 is 1.47 bits per heavy atom. The van der Waals surface area contributed by atoms with Crippen LogP contribution in [-0.4, -0.2) is 31.1 Å². The summed E-state index contributed by atoms with van der Waals surface area (Å²) < 4.78 is 15.2. The van der Waals surface area contributed by atoms with Crippen molar-refractivity contribution in [1.29, 1.82) is 0 Å². The molecule has 0 unspecified atom stereocenters. The Morgan fingerprint density at radius 2 is 2.16 bits per heavy atom. The summed E-state index contributed by atoms with van der Waals surface area (Å²) in [5.74, 6) is -0.106. The maximum atomic E-state index is 14.1. The van der Waals surface area contributed by atoms with Gasteiger partial charge in [0.2, 0.25) is 0 Å². The molecule has 2 rings (SSSR count). The second-order valence-electron chi connectivity index (χ2n) is 5.13. The quantitative estimate of drug-likeness (QED) is 0.643. The molecule has 1 fully saturated rings. The van der Waals surface area contributed by atoms with Crippen LogP contribution in [0.4, 0.5) is 4.39 Å². The molecule has 1 aromatic rings. The van der Waals surface area contributed by atoms with Gasteiger partial charge in [-0.2, -0.15) is 0 Å². The molecule has 0 spiro atoms. The molecule has 4 heteroatoms. The molecule has 1 aromatic carbocycles. The van der Waals surface area contributed by atoms with Gasteiger partial charge in [0.15, 0.2) is 0 Å². The third kappa shape index (κ3) is 4.00. The minimum Gasteiger partial charge on any atom is -0.314 e. The Bertz CT molecular complexity index is 455. The molecule has 1 N–H and O–H groups in total. The third-order valence-electron chi connectivity index (χ3n) is 3.45. The van der Waals surface area contributed by atoms with Crippen LogP contribution in [-0.2, 0) is 0 Å². The lowest BCUT2D eigenvalue weighted by molar-refractivity contribution is 0.169. The summed E-state index contributed by atoms with van der Waals surface area (Å²) in [7, 11) is 0. The van der Waals surface area contributed by atoms with E-state index in [1.807, 2.05) is 19.1 Å². The van der Waals surface area contributed by atoms with Gasteiger partial charge in [-0.25, -0.2) is 4.39 Å². The van der Waals surface area contributed by atoms with Crippen molar-refractivity contribution in [3.8, 4) is 0 Å². The van der Waals surface area contributed by atoms with Crippen LogP contribution in [0.1, 0.15) is 24.9 Å². The van der Waals surface area contributed by atoms with Crippen LogP contribution in [0.15, 0.2) is 30.4 Å². The van der Waals surface area contributed by atoms with Crippen LogP contribution in [0, 0.1) is 9.39 Å². The molecule has 0 aromatic heterocycles. The number of hydrogen-bond donors (Lipinski definition) is 1. The molecule has 104 valence electrons. The molecule has 0 saturated carbocycles. The fraction of sp³-hybridized carbons (Fsp3) is 0.467. The van der Waals surface area contributed by atoms with Crippen molar-refractivity contribution >= 4 is 22.6 Å². The van der Waals surface area contributed by atoms with Crippen LogP contribution < -0.4 is 5.32 Å². The Labute approximate surface area is 128 Å². The van der Waals surface area contributed by atoms with Crippen LogP contribution in [0.25, 0.3) is 0 Å². The largest absolute Gasteiger partial charge is 0.314 e. The van der Waals surface area contributed by atoms with Gasteiger partial charge in [-0.1, -0.05) is 5.57 Å². The summed E-state index contributed by atoms with van der Waals surface area (Å²) in [4.78, 5) is 2.36. The van der Waals surface area contributed by atoms with Crippen LogP contribution in [0.2, 0.25) is 0 Å². The first kappa shape index (κ1) is 14.9. The monoisotopic (exact) mass is 374 g/mol. The van der Waals surface area contributed by atoms with Gasteiger partial charge in [0.05, 0.1) is 0 Å². The van der Waals surface area contributed by atoms with Gasteiger partial charge in [-0.15, -0.1) is 6.58 Å². The third-order valence-corrected chi connectivity index (χ3v) is 4.12. The van der Waals surface area contributed by atoms with E-state index in [0.29, 0.717) is 0 Å². The first-order chi connectivity index (χ1) is 9.08. The fourth-order valence-corrected chi connectivity index (χ4v) is 3.04. The van der Waals surface area contributed by atoms with Crippen molar-refractivity contribution < 1.29 is 4.39 Å². The maximum Gasteiger partial charge on any atom is 0.128 e. The number of benzene rings is 1. The van der Waals surface area contributed by atoms with Crippen molar-refractivity contribution in [3.63, 3.8) is 0 Å². The molecular weight excluding hydrogens is 354 g/mol. The minimum atomic E-state index is -0.106. The molecule has 19 heavy (non-hydrogen) atoms. The van der Waals surface area contributed by atoms with Crippen molar-refractivity contribution in [3.05, 3.63) is 45.3 Å². The van der Waals surface area contributed by atoms with Crippen molar-refractivity contribution in [2.24, 2.45) is 0 Å². The van der Waals surface area contributed by atoms with Crippen LogP contribution in [0.5, 0.6) is 0 Å². The number of halogens is 2. The van der Waals surface area contributed by atoms with E-state index in [1.54, 1.807) is 6.07 Å². The van der Waals surface area contributed by atoms with E-state index in [2.05, 4.69) is 39.4 Å². The van der Waals surface area contributed by atoms with Crippen LogP contribution in [0.3, 0.4) is 0 Å². The summed E-state index contributed by atoms with van der Waals surface area (Å²) in [6, 6.07) is 5.46. The Hall–Kier alpha value is -0.460. The highest BCUT2D eigenvalue weighted by Crippen LogP contribution is 2.30. The molecule has 0 amide bonds. The molecule has 1 aliphatic heterocycles. The van der Waals surface area contributed by atoms with E-state index in [4.69, 9.17) is 0 Å². The average molecular weight is 374 g/mol. The number of nitrogens with one attached hydrogen (secondary N) is 1. The highest BCUT2D eigenvalue weighted by atomic mass is 127. The SMILES string of the molecule is C=C(C)C[C@@H](c1cc(I)ccc1F)N1CCNCC1. The van der Waals surface area contributed by atoms with E-state index >= 15 is 0 Å². The standard InChI is InChI=1S/C15H20FIN2/c1-11(2)9-15(19-7-5-18-6-8-19)13-10-12(17)3-4-14(13)16/h3-4,10,15,18H,1,5-9H2,2H3/t15-/m0/s1. The zero-order valence-corrected chi connectivity index (χ0v) is 13.4. The van der Waals surface area contributed by atoms with Gasteiger partial charge in [-0.3, -0.25) is 4.90 Å². The van der Waals surface area contributed by atoms with Gasteiger partial charge in [0.25, 0.3) is 0 Å². The van der Waals surface area contributed by atoms with Gasteiger partial charge < -0.3 is 5.32 Å². The molecule has 0 bridgehead atoms. The van der Waals surface area contributed by atoms with E-state index < -0.39 is 0 Å². The Kier molecular flexibility index (Phi) is 5.36. The van der Waals surface area contributed by atoms with E-state index in [0.717, 1.165) is 47.3 Å². The molecule has 1 aliphatic rings. The number of nitrogens with zero attached hydrogens (tertiary/aromatic N) is 1. The van der Waals surface area contributed by atoms with Gasteiger partial charge >= 0.3 is 0 Å². The molecule has 0 radical (unpaired) electrons. The first-order valence-corrected chi connectivity index (χ1v) is 7.70. The van der Waals surface area contributed by atoms with Crippen molar-refractivity contribution in [1.82, 2.24) is 10.2 Å². The molecule has 1 saturated heterocycles. The van der Waals surface area contributed by atoms with E-state index in [9.17, 15) is 4.39 Å². The predicted molar refractivity (Wildman–Crippen MR) is 85.7 cm³/mol. The number of rotatable bonds is 4. The van der Waals surface area contributed by atoms with Crippen molar-refractivity contribution in [2.75, 3.05) is 26.2 Å². The number of piperazine rings is 1. The van der Waals surface area contributed by atoms with Gasteiger partial charge in [0.1, 0.15) is 5.82 Å². The molecule has 1 heterocycles. The van der Waals surface area contributed by atoms with E-state index in [1.165, 1.54) is 0 Å². The van der Waals surface area contributed by atoms with Crippen LogP contribution >= 0.6 is 22.6 Å². The zero-order chi connectivity index (χ0) is 13.8. The lowest BCUT2D eigenvalue weighted by Crippen LogP contribution is -2.45. The second-order valence-corrected chi connectivity index (χ2v) is 6.37. The summed E-state index contributed by atoms with van der Waals surface area (Å²) in [6.45, 7) is 9.88.